The topological polar surface area (TPSA) is 114 Å². The number of ether oxygens (including phenoxy) is 1. The Kier molecular flexibility index (Phi) is 6.78. The number of allylic oxidation sites excluding steroid dienone is 2. The van der Waals surface area contributed by atoms with Gasteiger partial charge in [-0.1, -0.05) is 52.8 Å². The van der Waals surface area contributed by atoms with Crippen LogP contribution in [0.5, 0.6) is 0 Å². The summed E-state index contributed by atoms with van der Waals surface area (Å²) >= 11 is 0. The zero-order chi connectivity index (χ0) is 25.9. The van der Waals surface area contributed by atoms with Crippen LogP contribution in [0.2, 0.25) is 0 Å². The minimum absolute atomic E-state index is 0.0236. The molecule has 0 saturated carbocycles. The molecule has 11 heteroatoms. The lowest BCUT2D eigenvalue weighted by molar-refractivity contribution is -0.0551. The number of rotatable bonds is 7. The molecule has 0 aliphatic carbocycles. The van der Waals surface area contributed by atoms with Crippen molar-refractivity contribution in [3.63, 3.8) is 0 Å². The summed E-state index contributed by atoms with van der Waals surface area (Å²) in [6, 6.07) is 14.3. The van der Waals surface area contributed by atoms with Gasteiger partial charge in [0, 0.05) is 37.3 Å². The lowest BCUT2D eigenvalue weighted by Crippen LogP contribution is -2.43. The average Bonchev–Trinajstić information content (AvgIpc) is 3.62. The molecule has 4 heterocycles. The van der Waals surface area contributed by atoms with Crippen molar-refractivity contribution < 1.29 is 18.8 Å². The van der Waals surface area contributed by atoms with E-state index in [1.807, 2.05) is 42.6 Å². The first-order valence-electron chi connectivity index (χ1n) is 12.4. The number of aliphatic hydroxyl groups excluding tert-OH is 1. The van der Waals surface area contributed by atoms with E-state index in [2.05, 4.69) is 30.7 Å². The molecule has 0 amide bonds. The highest BCUT2D eigenvalue weighted by Crippen LogP contribution is 2.31. The molecule has 2 aliphatic heterocycles. The predicted molar refractivity (Wildman–Crippen MR) is 137 cm³/mol. The fraction of sp³-hybridized carbons (Fsp3) is 0.259. The largest absolute Gasteiger partial charge is 0.394 e. The van der Waals surface area contributed by atoms with Crippen LogP contribution in [0.15, 0.2) is 71.4 Å². The molecule has 2 aromatic heterocycles. The summed E-state index contributed by atoms with van der Waals surface area (Å²) in [7, 11) is 0. The van der Waals surface area contributed by atoms with Gasteiger partial charge in [-0.2, -0.15) is 4.98 Å². The summed E-state index contributed by atoms with van der Waals surface area (Å²) in [5.74, 6) is 0.191. The Morgan fingerprint density at radius 2 is 2.00 bits per heavy atom. The molecule has 10 nitrogen and oxygen atoms in total. The van der Waals surface area contributed by atoms with Crippen molar-refractivity contribution >= 4 is 5.57 Å². The SMILES string of the molecule is OCC1CN(Cc2ccc(-c3noc(-c4nnn(-c5ccccc5F)c4C4=CCNC=C4)n3)cc2)CCO1. The fourth-order valence-corrected chi connectivity index (χ4v) is 4.60. The minimum Gasteiger partial charge on any atom is -0.394 e. The van der Waals surface area contributed by atoms with E-state index < -0.39 is 5.82 Å². The van der Waals surface area contributed by atoms with Crippen LogP contribution in [-0.2, 0) is 11.3 Å². The van der Waals surface area contributed by atoms with Gasteiger partial charge in [0.2, 0.25) is 5.82 Å². The molecule has 1 unspecified atom stereocenters. The van der Waals surface area contributed by atoms with Crippen molar-refractivity contribution in [3.05, 3.63) is 84.0 Å². The highest BCUT2D eigenvalue weighted by Gasteiger charge is 2.25. The average molecular weight is 516 g/mol. The van der Waals surface area contributed by atoms with Gasteiger partial charge in [-0.15, -0.1) is 5.10 Å². The van der Waals surface area contributed by atoms with Gasteiger partial charge in [-0.05, 0) is 30.0 Å². The van der Waals surface area contributed by atoms with Crippen LogP contribution in [0.1, 0.15) is 11.3 Å². The monoisotopic (exact) mass is 515 g/mol. The van der Waals surface area contributed by atoms with Crippen molar-refractivity contribution in [1.82, 2.24) is 35.4 Å². The fourth-order valence-electron chi connectivity index (χ4n) is 4.60. The zero-order valence-electron chi connectivity index (χ0n) is 20.5. The van der Waals surface area contributed by atoms with Gasteiger partial charge in [-0.3, -0.25) is 4.90 Å². The molecule has 2 N–H and O–H groups in total. The Labute approximate surface area is 218 Å². The Morgan fingerprint density at radius 3 is 2.79 bits per heavy atom. The predicted octanol–water partition coefficient (Wildman–Crippen LogP) is 2.82. The maximum Gasteiger partial charge on any atom is 0.281 e. The minimum atomic E-state index is -0.418. The Morgan fingerprint density at radius 1 is 1.13 bits per heavy atom. The van der Waals surface area contributed by atoms with Crippen LogP contribution in [0.4, 0.5) is 4.39 Å². The normalized spacial score (nSPS) is 17.8. The summed E-state index contributed by atoms with van der Waals surface area (Å²) in [5, 5.41) is 25.2. The van der Waals surface area contributed by atoms with Crippen molar-refractivity contribution in [2.75, 3.05) is 32.8 Å². The van der Waals surface area contributed by atoms with E-state index in [9.17, 15) is 9.50 Å². The van der Waals surface area contributed by atoms with E-state index in [1.165, 1.54) is 10.7 Å². The molecular formula is C27H26FN7O3. The molecule has 2 aromatic carbocycles. The molecule has 4 aromatic rings. The number of para-hydroxylation sites is 1. The number of halogens is 1. The van der Waals surface area contributed by atoms with Gasteiger partial charge in [0.1, 0.15) is 17.2 Å². The third-order valence-corrected chi connectivity index (χ3v) is 6.52. The molecule has 1 fully saturated rings. The number of dihydropyridines is 1. The van der Waals surface area contributed by atoms with Gasteiger partial charge in [0.25, 0.3) is 5.89 Å². The number of aliphatic hydroxyl groups is 1. The van der Waals surface area contributed by atoms with E-state index in [4.69, 9.17) is 9.26 Å². The first-order valence-corrected chi connectivity index (χ1v) is 12.4. The smallest absolute Gasteiger partial charge is 0.281 e. The van der Waals surface area contributed by atoms with E-state index in [1.54, 1.807) is 18.2 Å². The molecule has 6 rings (SSSR count). The molecule has 1 saturated heterocycles. The van der Waals surface area contributed by atoms with Crippen LogP contribution < -0.4 is 5.32 Å². The van der Waals surface area contributed by atoms with E-state index >= 15 is 0 Å². The Bertz CT molecular complexity index is 1480. The van der Waals surface area contributed by atoms with E-state index in [0.717, 1.165) is 29.8 Å². The lowest BCUT2D eigenvalue weighted by atomic mass is 10.1. The third kappa shape index (κ3) is 4.86. The quantitative estimate of drug-likeness (QED) is 0.383. The second-order valence-electron chi connectivity index (χ2n) is 9.08. The maximum atomic E-state index is 14.7. The molecular weight excluding hydrogens is 489 g/mol. The van der Waals surface area contributed by atoms with E-state index in [-0.39, 0.29) is 24.3 Å². The summed E-state index contributed by atoms with van der Waals surface area (Å²) in [6.07, 6.45) is 5.51. The Hall–Kier alpha value is -4.19. The number of morpholine rings is 1. The van der Waals surface area contributed by atoms with Gasteiger partial charge in [0.15, 0.2) is 5.69 Å². The molecule has 194 valence electrons. The number of aromatic nitrogens is 5. The summed E-state index contributed by atoms with van der Waals surface area (Å²) < 4.78 is 27.3. The van der Waals surface area contributed by atoms with Crippen molar-refractivity contribution in [3.8, 4) is 28.7 Å². The second-order valence-corrected chi connectivity index (χ2v) is 9.08. The summed E-state index contributed by atoms with van der Waals surface area (Å²) in [4.78, 5) is 6.85. The van der Waals surface area contributed by atoms with Crippen LogP contribution >= 0.6 is 0 Å². The highest BCUT2D eigenvalue weighted by molar-refractivity contribution is 5.81. The number of hydrogen-bond acceptors (Lipinski definition) is 9. The van der Waals surface area contributed by atoms with Crippen LogP contribution in [0, 0.1) is 5.82 Å². The van der Waals surface area contributed by atoms with Crippen LogP contribution in [-0.4, -0.2) is 74.1 Å². The molecule has 0 bridgehead atoms. The van der Waals surface area contributed by atoms with Gasteiger partial charge >= 0.3 is 0 Å². The lowest BCUT2D eigenvalue weighted by Gasteiger charge is -2.31. The van der Waals surface area contributed by atoms with Crippen molar-refractivity contribution in [2.45, 2.75) is 12.6 Å². The summed E-state index contributed by atoms with van der Waals surface area (Å²) in [6.45, 7) is 3.53. The maximum absolute atomic E-state index is 14.7. The Balaban J connectivity index is 1.28. The number of nitrogens with one attached hydrogen (secondary N) is 1. The van der Waals surface area contributed by atoms with Crippen molar-refractivity contribution in [1.29, 1.82) is 0 Å². The molecule has 38 heavy (non-hydrogen) atoms. The number of hydrogen-bond donors (Lipinski definition) is 2. The number of nitrogens with zero attached hydrogens (tertiary/aromatic N) is 6. The second kappa shape index (κ2) is 10.7. The van der Waals surface area contributed by atoms with Gasteiger partial charge in [-0.25, -0.2) is 9.07 Å². The van der Waals surface area contributed by atoms with Crippen LogP contribution in [0.25, 0.3) is 34.2 Å². The standard InChI is InChI=1S/C27H26FN7O3/c28-22-3-1-2-4-23(22)35-25(19-9-11-29-12-10-19)24(31-33-35)27-30-26(32-38-27)20-7-5-18(6-8-20)15-34-13-14-37-21(16-34)17-36/h1-11,21,29,36H,12-17H2. The van der Waals surface area contributed by atoms with Crippen LogP contribution in [0.3, 0.4) is 0 Å². The van der Waals surface area contributed by atoms with Gasteiger partial charge < -0.3 is 19.7 Å². The van der Waals surface area contributed by atoms with Gasteiger partial charge in [0.05, 0.1) is 19.3 Å². The first-order chi connectivity index (χ1) is 18.7. The third-order valence-electron chi connectivity index (χ3n) is 6.52. The highest BCUT2D eigenvalue weighted by atomic mass is 19.1. The van der Waals surface area contributed by atoms with Crippen molar-refractivity contribution in [2.24, 2.45) is 0 Å². The molecule has 0 radical (unpaired) electrons. The molecule has 1 atom stereocenters. The zero-order valence-corrected chi connectivity index (χ0v) is 20.5. The summed E-state index contributed by atoms with van der Waals surface area (Å²) in [5.41, 5.74) is 3.94. The molecule has 0 spiro atoms. The number of benzene rings is 2. The molecule has 2 aliphatic rings. The van der Waals surface area contributed by atoms with E-state index in [0.29, 0.717) is 36.9 Å². The first kappa shape index (κ1) is 24.2.